The van der Waals surface area contributed by atoms with E-state index in [1.165, 1.54) is 4.31 Å². The molecule has 0 aliphatic carbocycles. The summed E-state index contributed by atoms with van der Waals surface area (Å²) in [4.78, 5) is 16.5. The van der Waals surface area contributed by atoms with Gasteiger partial charge in [0.25, 0.3) is 0 Å². The second kappa shape index (κ2) is 7.32. The SMILES string of the molecule is CCS(=O)(=O)N1Cc2ccnn2C(CC(=O)NCc2ccccn2)C1. The van der Waals surface area contributed by atoms with Gasteiger partial charge in [-0.25, -0.2) is 8.42 Å². The second-order valence-corrected chi connectivity index (χ2v) is 8.17. The molecule has 134 valence electrons. The Morgan fingerprint density at radius 1 is 1.32 bits per heavy atom. The molecule has 3 heterocycles. The average molecular weight is 363 g/mol. The molecule has 1 N–H and O–H groups in total. The smallest absolute Gasteiger partial charge is 0.222 e. The van der Waals surface area contributed by atoms with Crippen molar-refractivity contribution in [2.45, 2.75) is 32.5 Å². The lowest BCUT2D eigenvalue weighted by Crippen LogP contribution is -2.43. The molecule has 0 bridgehead atoms. The largest absolute Gasteiger partial charge is 0.350 e. The van der Waals surface area contributed by atoms with Crippen LogP contribution in [-0.4, -0.2) is 45.7 Å². The summed E-state index contributed by atoms with van der Waals surface area (Å²) in [6.07, 6.45) is 3.47. The van der Waals surface area contributed by atoms with Crippen LogP contribution in [0.4, 0.5) is 0 Å². The number of carbonyl (C=O) groups excluding carboxylic acids is 1. The highest BCUT2D eigenvalue weighted by atomic mass is 32.2. The van der Waals surface area contributed by atoms with Crippen LogP contribution in [0, 0.1) is 0 Å². The molecular weight excluding hydrogens is 342 g/mol. The Morgan fingerprint density at radius 2 is 2.16 bits per heavy atom. The third-order valence-corrected chi connectivity index (χ3v) is 6.02. The number of nitrogens with one attached hydrogen (secondary N) is 1. The lowest BCUT2D eigenvalue weighted by atomic mass is 10.1. The summed E-state index contributed by atoms with van der Waals surface area (Å²) >= 11 is 0. The fourth-order valence-electron chi connectivity index (χ4n) is 2.88. The van der Waals surface area contributed by atoms with Gasteiger partial charge in [0, 0.05) is 18.9 Å². The number of amides is 1. The third-order valence-electron chi connectivity index (χ3n) is 4.22. The van der Waals surface area contributed by atoms with Gasteiger partial charge in [-0.3, -0.25) is 14.5 Å². The molecule has 0 fully saturated rings. The van der Waals surface area contributed by atoms with E-state index in [0.717, 1.165) is 11.4 Å². The minimum atomic E-state index is -3.32. The van der Waals surface area contributed by atoms with Gasteiger partial charge in [-0.1, -0.05) is 6.07 Å². The fraction of sp³-hybridized carbons (Fsp3) is 0.438. The highest BCUT2D eigenvalue weighted by Crippen LogP contribution is 2.25. The van der Waals surface area contributed by atoms with Crippen LogP contribution < -0.4 is 5.32 Å². The van der Waals surface area contributed by atoms with Crippen molar-refractivity contribution in [1.82, 2.24) is 24.4 Å². The second-order valence-electron chi connectivity index (χ2n) is 5.92. The Kier molecular flexibility index (Phi) is 5.14. The molecule has 1 atom stereocenters. The number of carbonyl (C=O) groups is 1. The van der Waals surface area contributed by atoms with E-state index < -0.39 is 10.0 Å². The van der Waals surface area contributed by atoms with Crippen LogP contribution >= 0.6 is 0 Å². The highest BCUT2D eigenvalue weighted by Gasteiger charge is 2.32. The summed E-state index contributed by atoms with van der Waals surface area (Å²) in [5.41, 5.74) is 1.57. The molecule has 8 nitrogen and oxygen atoms in total. The topological polar surface area (TPSA) is 97.2 Å². The predicted octanol–water partition coefficient (Wildman–Crippen LogP) is 0.691. The zero-order chi connectivity index (χ0) is 17.9. The van der Waals surface area contributed by atoms with Gasteiger partial charge >= 0.3 is 0 Å². The van der Waals surface area contributed by atoms with Gasteiger partial charge in [-0.05, 0) is 25.1 Å². The number of hydrogen-bond acceptors (Lipinski definition) is 5. The van der Waals surface area contributed by atoms with E-state index in [1.807, 2.05) is 18.2 Å². The van der Waals surface area contributed by atoms with Crippen molar-refractivity contribution < 1.29 is 13.2 Å². The van der Waals surface area contributed by atoms with Gasteiger partial charge in [-0.2, -0.15) is 9.40 Å². The van der Waals surface area contributed by atoms with Crippen molar-refractivity contribution in [2.75, 3.05) is 12.3 Å². The number of pyridine rings is 1. The fourth-order valence-corrected chi connectivity index (χ4v) is 3.97. The third kappa shape index (κ3) is 4.05. The van der Waals surface area contributed by atoms with E-state index in [0.29, 0.717) is 13.1 Å². The van der Waals surface area contributed by atoms with Crippen molar-refractivity contribution in [3.63, 3.8) is 0 Å². The first-order chi connectivity index (χ1) is 12.0. The van der Waals surface area contributed by atoms with Gasteiger partial charge in [0.1, 0.15) is 0 Å². The number of fused-ring (bicyclic) bond motifs is 1. The first-order valence-electron chi connectivity index (χ1n) is 8.16. The van der Waals surface area contributed by atoms with Crippen molar-refractivity contribution in [2.24, 2.45) is 0 Å². The maximum atomic E-state index is 12.3. The Hall–Kier alpha value is -2.26. The summed E-state index contributed by atoms with van der Waals surface area (Å²) in [7, 11) is -3.32. The molecule has 0 saturated heterocycles. The summed E-state index contributed by atoms with van der Waals surface area (Å²) in [6.45, 7) is 2.51. The monoisotopic (exact) mass is 363 g/mol. The standard InChI is InChI=1S/C16H21N5O3S/c1-2-25(23,24)20-11-14-6-8-19-21(14)15(12-20)9-16(22)18-10-13-5-3-4-7-17-13/h3-8,15H,2,9-12H2,1H3,(H,18,22). The molecule has 0 aromatic carbocycles. The van der Waals surface area contributed by atoms with Crippen molar-refractivity contribution in [1.29, 1.82) is 0 Å². The molecule has 2 aromatic rings. The molecule has 1 unspecified atom stereocenters. The molecule has 1 aliphatic heterocycles. The van der Waals surface area contributed by atoms with Crippen LogP contribution in [0.15, 0.2) is 36.7 Å². The maximum Gasteiger partial charge on any atom is 0.222 e. The first kappa shape index (κ1) is 17.6. The molecule has 0 radical (unpaired) electrons. The number of aromatic nitrogens is 3. The van der Waals surface area contributed by atoms with Crippen LogP contribution in [0.3, 0.4) is 0 Å². The predicted molar refractivity (Wildman–Crippen MR) is 91.8 cm³/mol. The highest BCUT2D eigenvalue weighted by molar-refractivity contribution is 7.89. The van der Waals surface area contributed by atoms with Crippen molar-refractivity contribution in [3.8, 4) is 0 Å². The van der Waals surface area contributed by atoms with Gasteiger partial charge in [0.15, 0.2) is 0 Å². The molecule has 9 heteroatoms. The quantitative estimate of drug-likeness (QED) is 0.814. The molecule has 0 spiro atoms. The van der Waals surface area contributed by atoms with Crippen molar-refractivity contribution >= 4 is 15.9 Å². The molecule has 0 saturated carbocycles. The molecule has 3 rings (SSSR count). The normalized spacial score (nSPS) is 17.9. The number of hydrogen-bond donors (Lipinski definition) is 1. The Bertz CT molecular complexity index is 834. The molecule has 1 aliphatic rings. The Morgan fingerprint density at radius 3 is 2.88 bits per heavy atom. The van der Waals surface area contributed by atoms with E-state index in [2.05, 4.69) is 15.4 Å². The zero-order valence-corrected chi connectivity index (χ0v) is 14.8. The van der Waals surface area contributed by atoms with Gasteiger partial charge < -0.3 is 5.32 Å². The van der Waals surface area contributed by atoms with Gasteiger partial charge in [-0.15, -0.1) is 0 Å². The van der Waals surface area contributed by atoms with E-state index in [4.69, 9.17) is 0 Å². The molecule has 2 aromatic heterocycles. The molecular formula is C16H21N5O3S. The lowest BCUT2D eigenvalue weighted by Gasteiger charge is -2.32. The number of nitrogens with zero attached hydrogens (tertiary/aromatic N) is 4. The summed E-state index contributed by atoms with van der Waals surface area (Å²) in [5.74, 6) is -0.118. The summed E-state index contributed by atoms with van der Waals surface area (Å²) in [5, 5.41) is 7.08. The Labute approximate surface area is 146 Å². The lowest BCUT2D eigenvalue weighted by molar-refractivity contribution is -0.122. The minimum Gasteiger partial charge on any atom is -0.350 e. The van der Waals surface area contributed by atoms with Gasteiger partial charge in [0.05, 0.1) is 42.7 Å². The minimum absolute atomic E-state index is 0.0414. The summed E-state index contributed by atoms with van der Waals surface area (Å²) in [6, 6.07) is 6.98. The Balaban J connectivity index is 1.67. The first-order valence-corrected chi connectivity index (χ1v) is 9.77. The van der Waals surface area contributed by atoms with Crippen LogP contribution in [0.2, 0.25) is 0 Å². The van der Waals surface area contributed by atoms with E-state index in [1.54, 1.807) is 30.1 Å². The molecule has 1 amide bonds. The summed E-state index contributed by atoms with van der Waals surface area (Å²) < 4.78 is 27.6. The van der Waals surface area contributed by atoms with Crippen molar-refractivity contribution in [3.05, 3.63) is 48.0 Å². The number of sulfonamides is 1. The van der Waals surface area contributed by atoms with Crippen LogP contribution in [0.5, 0.6) is 0 Å². The van der Waals surface area contributed by atoms with Crippen LogP contribution in [-0.2, 0) is 27.9 Å². The van der Waals surface area contributed by atoms with Gasteiger partial charge in [0.2, 0.25) is 15.9 Å². The molecule has 25 heavy (non-hydrogen) atoms. The average Bonchev–Trinajstić information content (AvgIpc) is 3.10. The zero-order valence-electron chi connectivity index (χ0n) is 14.0. The van der Waals surface area contributed by atoms with E-state index in [-0.39, 0.29) is 30.7 Å². The van der Waals surface area contributed by atoms with E-state index >= 15 is 0 Å². The number of rotatable bonds is 6. The maximum absolute atomic E-state index is 12.3. The van der Waals surface area contributed by atoms with Crippen LogP contribution in [0.1, 0.15) is 30.8 Å². The van der Waals surface area contributed by atoms with E-state index in [9.17, 15) is 13.2 Å². The van der Waals surface area contributed by atoms with Crippen LogP contribution in [0.25, 0.3) is 0 Å².